The number of carbonyl (C=O) groups is 1. The lowest BCUT2D eigenvalue weighted by Gasteiger charge is -2.08. The normalized spacial score (nSPS) is 10.3. The average molecular weight is 303 g/mol. The molecule has 3 aromatic rings. The van der Waals surface area contributed by atoms with Crippen LogP contribution in [0.4, 0.5) is 5.69 Å². The molecule has 0 saturated carbocycles. The number of hydrogen-bond acceptors (Lipinski definition) is 2. The van der Waals surface area contributed by atoms with Gasteiger partial charge in [-0.15, -0.1) is 0 Å². The molecule has 3 rings (SSSR count). The topological polar surface area (TPSA) is 49.3 Å². The molecule has 0 radical (unpaired) electrons. The summed E-state index contributed by atoms with van der Waals surface area (Å²) in [4.78, 5) is 12.2. The van der Waals surface area contributed by atoms with E-state index in [1.54, 1.807) is 12.1 Å². The molecule has 0 heterocycles. The molecule has 0 aliphatic heterocycles. The molecule has 0 saturated heterocycles. The fourth-order valence-electron chi connectivity index (χ4n) is 2.42. The fraction of sp³-hybridized carbons (Fsp3) is 0.0500. The van der Waals surface area contributed by atoms with Gasteiger partial charge in [-0.3, -0.25) is 4.79 Å². The van der Waals surface area contributed by atoms with Crippen molar-refractivity contribution in [1.82, 2.24) is 0 Å². The van der Waals surface area contributed by atoms with Crippen LogP contribution in [0.15, 0.2) is 78.9 Å². The Morgan fingerprint density at radius 1 is 0.826 bits per heavy atom. The number of carbonyl (C=O) groups excluding carboxylic acids is 1. The lowest BCUT2D eigenvalue weighted by molar-refractivity contribution is 0.102. The van der Waals surface area contributed by atoms with Crippen LogP contribution < -0.4 is 5.32 Å². The maximum atomic E-state index is 12.2. The van der Waals surface area contributed by atoms with Crippen molar-refractivity contribution in [3.05, 3.63) is 90.0 Å². The number of aliphatic hydroxyl groups excluding tert-OH is 1. The summed E-state index contributed by atoms with van der Waals surface area (Å²) in [5.41, 5.74) is 4.23. The maximum Gasteiger partial charge on any atom is 0.255 e. The average Bonchev–Trinajstić information content (AvgIpc) is 2.63. The van der Waals surface area contributed by atoms with Crippen LogP contribution in [0.3, 0.4) is 0 Å². The highest BCUT2D eigenvalue weighted by molar-refractivity contribution is 6.04. The number of aliphatic hydroxyl groups is 1. The predicted molar refractivity (Wildman–Crippen MR) is 92.2 cm³/mol. The zero-order chi connectivity index (χ0) is 16.1. The lowest BCUT2D eigenvalue weighted by atomic mass is 10.0. The Bertz CT molecular complexity index is 813. The second-order valence-electron chi connectivity index (χ2n) is 5.26. The van der Waals surface area contributed by atoms with Crippen LogP contribution in [0.5, 0.6) is 0 Å². The van der Waals surface area contributed by atoms with E-state index in [1.807, 2.05) is 66.7 Å². The predicted octanol–water partition coefficient (Wildman–Crippen LogP) is 4.10. The van der Waals surface area contributed by atoms with Crippen LogP contribution in [0, 0.1) is 0 Å². The van der Waals surface area contributed by atoms with E-state index in [1.165, 1.54) is 0 Å². The lowest BCUT2D eigenvalue weighted by Crippen LogP contribution is -2.11. The van der Waals surface area contributed by atoms with Gasteiger partial charge in [0.25, 0.3) is 5.91 Å². The minimum absolute atomic E-state index is 0.0122. The van der Waals surface area contributed by atoms with Gasteiger partial charge in [0, 0.05) is 11.3 Å². The second-order valence-corrected chi connectivity index (χ2v) is 5.26. The van der Waals surface area contributed by atoms with Crippen LogP contribution in [0.2, 0.25) is 0 Å². The summed E-state index contributed by atoms with van der Waals surface area (Å²) in [5.74, 6) is -0.133. The van der Waals surface area contributed by atoms with E-state index in [2.05, 4.69) is 5.32 Å². The summed E-state index contributed by atoms with van der Waals surface area (Å²) in [5, 5.41) is 12.2. The molecule has 0 spiro atoms. The van der Waals surface area contributed by atoms with E-state index in [0.717, 1.165) is 22.4 Å². The number of hydrogen-bond donors (Lipinski definition) is 2. The molecule has 0 atom stereocenters. The van der Waals surface area contributed by atoms with Gasteiger partial charge in [-0.25, -0.2) is 0 Å². The van der Waals surface area contributed by atoms with Gasteiger partial charge in [0.2, 0.25) is 0 Å². The molecule has 3 aromatic carbocycles. The van der Waals surface area contributed by atoms with E-state index >= 15 is 0 Å². The number of amides is 1. The number of rotatable bonds is 4. The highest BCUT2D eigenvalue weighted by atomic mass is 16.3. The third-order valence-electron chi connectivity index (χ3n) is 3.60. The summed E-state index contributed by atoms with van der Waals surface area (Å²) in [6.45, 7) is 0.0122. The van der Waals surface area contributed by atoms with Crippen molar-refractivity contribution in [2.45, 2.75) is 6.61 Å². The molecule has 3 nitrogen and oxygen atoms in total. The largest absolute Gasteiger partial charge is 0.392 e. The van der Waals surface area contributed by atoms with E-state index in [4.69, 9.17) is 0 Å². The van der Waals surface area contributed by atoms with Crippen LogP contribution in [-0.2, 0) is 6.61 Å². The Morgan fingerprint density at radius 3 is 2.26 bits per heavy atom. The Balaban J connectivity index is 1.84. The minimum atomic E-state index is -0.133. The monoisotopic (exact) mass is 303 g/mol. The Kier molecular flexibility index (Phi) is 4.50. The molecule has 114 valence electrons. The highest BCUT2D eigenvalue weighted by Crippen LogP contribution is 2.24. The van der Waals surface area contributed by atoms with Gasteiger partial charge in [0.05, 0.1) is 6.61 Å². The molecule has 1 amide bonds. The molecule has 0 unspecified atom stereocenters. The second kappa shape index (κ2) is 6.90. The zero-order valence-electron chi connectivity index (χ0n) is 12.6. The van der Waals surface area contributed by atoms with Gasteiger partial charge in [-0.2, -0.15) is 0 Å². The van der Waals surface area contributed by atoms with Crippen molar-refractivity contribution in [2.75, 3.05) is 5.32 Å². The maximum absolute atomic E-state index is 12.2. The Labute approximate surface area is 135 Å². The number of nitrogens with one attached hydrogen (secondary N) is 1. The van der Waals surface area contributed by atoms with Crippen molar-refractivity contribution in [1.29, 1.82) is 0 Å². The van der Waals surface area contributed by atoms with Gasteiger partial charge < -0.3 is 10.4 Å². The van der Waals surface area contributed by atoms with Crippen LogP contribution >= 0.6 is 0 Å². The standard InChI is InChI=1S/C20H17NO2/c22-14-15-6-4-9-17(12-15)18-10-5-11-19(13-18)21-20(23)16-7-2-1-3-8-16/h1-13,22H,14H2,(H,21,23). The summed E-state index contributed by atoms with van der Waals surface area (Å²) in [6.07, 6.45) is 0. The summed E-state index contributed by atoms with van der Waals surface area (Å²) < 4.78 is 0. The first-order chi connectivity index (χ1) is 11.3. The van der Waals surface area contributed by atoms with Crippen molar-refractivity contribution >= 4 is 11.6 Å². The van der Waals surface area contributed by atoms with Crippen molar-refractivity contribution in [3.63, 3.8) is 0 Å². The van der Waals surface area contributed by atoms with Crippen molar-refractivity contribution in [3.8, 4) is 11.1 Å². The van der Waals surface area contributed by atoms with Crippen LogP contribution in [-0.4, -0.2) is 11.0 Å². The molecule has 0 aliphatic carbocycles. The molecule has 0 aliphatic rings. The summed E-state index contributed by atoms with van der Waals surface area (Å²) in [7, 11) is 0. The molecule has 23 heavy (non-hydrogen) atoms. The number of benzene rings is 3. The van der Waals surface area contributed by atoms with Gasteiger partial charge in [-0.05, 0) is 47.0 Å². The van der Waals surface area contributed by atoms with Crippen molar-refractivity contribution < 1.29 is 9.90 Å². The molecule has 0 aromatic heterocycles. The van der Waals surface area contributed by atoms with E-state index < -0.39 is 0 Å². The van der Waals surface area contributed by atoms with Gasteiger partial charge in [0.15, 0.2) is 0 Å². The first-order valence-corrected chi connectivity index (χ1v) is 7.43. The molecule has 3 heteroatoms. The Morgan fingerprint density at radius 2 is 1.52 bits per heavy atom. The smallest absolute Gasteiger partial charge is 0.255 e. The quantitative estimate of drug-likeness (QED) is 0.762. The van der Waals surface area contributed by atoms with Gasteiger partial charge in [-0.1, -0.05) is 48.5 Å². The van der Waals surface area contributed by atoms with Gasteiger partial charge in [0.1, 0.15) is 0 Å². The van der Waals surface area contributed by atoms with Crippen LogP contribution in [0.25, 0.3) is 11.1 Å². The summed E-state index contributed by atoms with van der Waals surface area (Å²) in [6, 6.07) is 24.5. The van der Waals surface area contributed by atoms with E-state index in [-0.39, 0.29) is 12.5 Å². The minimum Gasteiger partial charge on any atom is -0.392 e. The van der Waals surface area contributed by atoms with Crippen molar-refractivity contribution in [2.24, 2.45) is 0 Å². The van der Waals surface area contributed by atoms with Crippen LogP contribution in [0.1, 0.15) is 15.9 Å². The fourth-order valence-corrected chi connectivity index (χ4v) is 2.42. The van der Waals surface area contributed by atoms with E-state index in [9.17, 15) is 9.90 Å². The molecular formula is C20H17NO2. The van der Waals surface area contributed by atoms with E-state index in [0.29, 0.717) is 5.56 Å². The molecule has 0 fully saturated rings. The Hall–Kier alpha value is -2.91. The SMILES string of the molecule is O=C(Nc1cccc(-c2cccc(CO)c2)c1)c1ccccc1. The molecule has 0 bridgehead atoms. The third kappa shape index (κ3) is 3.65. The number of anilines is 1. The summed E-state index contributed by atoms with van der Waals surface area (Å²) >= 11 is 0. The third-order valence-corrected chi connectivity index (χ3v) is 3.60. The molecular weight excluding hydrogens is 286 g/mol. The zero-order valence-corrected chi connectivity index (χ0v) is 12.6. The first kappa shape index (κ1) is 15.0. The molecule has 2 N–H and O–H groups in total. The first-order valence-electron chi connectivity index (χ1n) is 7.43. The van der Waals surface area contributed by atoms with Gasteiger partial charge >= 0.3 is 0 Å². The highest BCUT2D eigenvalue weighted by Gasteiger charge is 2.06.